The summed E-state index contributed by atoms with van der Waals surface area (Å²) in [7, 11) is 0. The van der Waals surface area contributed by atoms with Crippen molar-refractivity contribution in [3.63, 3.8) is 0 Å². The Morgan fingerprint density at radius 3 is 1.03 bits per heavy atom. The van der Waals surface area contributed by atoms with Gasteiger partial charge >= 0.3 is 11.9 Å². The summed E-state index contributed by atoms with van der Waals surface area (Å²) in [4.78, 5) is 25.6. The number of carbonyl (C=O) groups excluding carboxylic acids is 2. The first kappa shape index (κ1) is 69.6. The van der Waals surface area contributed by atoms with E-state index in [1.165, 1.54) is 218 Å². The third kappa shape index (κ3) is 60.2. The van der Waals surface area contributed by atoms with Gasteiger partial charge in [-0.25, -0.2) is 0 Å². The summed E-state index contributed by atoms with van der Waals surface area (Å²) >= 11 is 0. The molecule has 0 heterocycles. The van der Waals surface area contributed by atoms with Crippen LogP contribution in [-0.2, 0) is 23.8 Å². The Morgan fingerprint density at radius 1 is 0.319 bits per heavy atom. The van der Waals surface area contributed by atoms with E-state index >= 15 is 0 Å². The second-order valence-corrected chi connectivity index (χ2v) is 21.3. The summed E-state index contributed by atoms with van der Waals surface area (Å²) < 4.78 is 17.6. The van der Waals surface area contributed by atoms with E-state index in [4.69, 9.17) is 14.2 Å². The molecule has 0 aliphatic carbocycles. The molecular formula is C67H122O5. The Balaban J connectivity index is 4.25. The molecule has 420 valence electrons. The molecule has 0 amide bonds. The minimum absolute atomic E-state index is 0.0831. The zero-order valence-electron chi connectivity index (χ0n) is 48.5. The number of rotatable bonds is 59. The summed E-state index contributed by atoms with van der Waals surface area (Å²) in [6, 6.07) is 0. The van der Waals surface area contributed by atoms with E-state index in [2.05, 4.69) is 81.5 Å². The third-order valence-electron chi connectivity index (χ3n) is 14.0. The summed E-state index contributed by atoms with van der Waals surface area (Å²) in [6.07, 6.45) is 81.1. The lowest BCUT2D eigenvalue weighted by Gasteiger charge is -2.18. The molecule has 0 bridgehead atoms. The van der Waals surface area contributed by atoms with Crippen LogP contribution in [0.2, 0.25) is 0 Å². The van der Waals surface area contributed by atoms with Crippen LogP contribution in [0.3, 0.4) is 0 Å². The van der Waals surface area contributed by atoms with Gasteiger partial charge in [0.2, 0.25) is 0 Å². The van der Waals surface area contributed by atoms with Gasteiger partial charge in [-0.2, -0.15) is 0 Å². The van der Waals surface area contributed by atoms with Gasteiger partial charge in [-0.3, -0.25) is 9.59 Å². The molecule has 0 aromatic carbocycles. The Hall–Kier alpha value is -2.40. The summed E-state index contributed by atoms with van der Waals surface area (Å²) in [5, 5.41) is 0. The van der Waals surface area contributed by atoms with E-state index < -0.39 is 6.10 Å². The van der Waals surface area contributed by atoms with E-state index in [0.29, 0.717) is 19.4 Å². The van der Waals surface area contributed by atoms with Crippen LogP contribution < -0.4 is 0 Å². The maximum absolute atomic E-state index is 12.9. The second kappa shape index (κ2) is 62.9. The van der Waals surface area contributed by atoms with Crippen LogP contribution in [0.4, 0.5) is 0 Å². The second-order valence-electron chi connectivity index (χ2n) is 21.3. The normalized spacial score (nSPS) is 12.5. The van der Waals surface area contributed by atoms with E-state index in [1.54, 1.807) is 0 Å². The Bertz CT molecular complexity index is 1230. The van der Waals surface area contributed by atoms with Crippen LogP contribution in [0.1, 0.15) is 329 Å². The highest BCUT2D eigenvalue weighted by Gasteiger charge is 2.18. The zero-order chi connectivity index (χ0) is 52.0. The lowest BCUT2D eigenvalue weighted by Crippen LogP contribution is -2.30. The average molecular weight is 1010 g/mol. The predicted octanol–water partition coefficient (Wildman–Crippen LogP) is 22.0. The van der Waals surface area contributed by atoms with Crippen LogP contribution in [0, 0.1) is 0 Å². The van der Waals surface area contributed by atoms with Crippen LogP contribution in [0.25, 0.3) is 0 Å². The molecule has 72 heavy (non-hydrogen) atoms. The van der Waals surface area contributed by atoms with Crippen molar-refractivity contribution < 1.29 is 23.8 Å². The van der Waals surface area contributed by atoms with Crippen molar-refractivity contribution in [2.45, 2.75) is 335 Å². The fourth-order valence-corrected chi connectivity index (χ4v) is 9.32. The minimum atomic E-state index is -0.544. The van der Waals surface area contributed by atoms with Crippen molar-refractivity contribution in [2.75, 3.05) is 19.8 Å². The number of carbonyl (C=O) groups is 2. The number of esters is 2. The van der Waals surface area contributed by atoms with Gasteiger partial charge in [0.1, 0.15) is 6.61 Å². The van der Waals surface area contributed by atoms with Gasteiger partial charge in [0.25, 0.3) is 0 Å². The molecule has 0 rings (SSSR count). The molecule has 0 aromatic heterocycles. The molecule has 0 saturated heterocycles. The van der Waals surface area contributed by atoms with E-state index in [0.717, 1.165) is 77.0 Å². The lowest BCUT2D eigenvalue weighted by atomic mass is 10.0. The molecule has 5 heteroatoms. The van der Waals surface area contributed by atoms with Gasteiger partial charge in [0.05, 0.1) is 6.61 Å². The summed E-state index contributed by atoms with van der Waals surface area (Å²) in [5.41, 5.74) is 0. The van der Waals surface area contributed by atoms with Crippen molar-refractivity contribution in [1.29, 1.82) is 0 Å². The zero-order valence-corrected chi connectivity index (χ0v) is 48.5. The van der Waals surface area contributed by atoms with Crippen LogP contribution >= 0.6 is 0 Å². The fraction of sp³-hybridized carbons (Fsp3) is 0.821. The lowest BCUT2D eigenvalue weighted by molar-refractivity contribution is -0.163. The van der Waals surface area contributed by atoms with Crippen LogP contribution in [0.5, 0.6) is 0 Å². The standard InChI is InChI=1S/C67H122O5/c1-4-7-10-13-16-19-22-25-28-31-33-35-38-41-44-47-50-53-56-59-62-70-63-65(72-67(69)61-58-55-52-49-46-43-40-36-30-27-24-21-18-15-12-9-6-3)64-71-66(68)60-57-54-51-48-45-42-39-37-34-32-29-26-23-20-17-14-11-8-5-2/h9,12,16,18-19,21,25,27-28,30,65H,4-8,10-11,13-15,17,20,22-24,26,29,31-64H2,1-3H3/b12-9-,19-16-,21-18-,28-25-,30-27-. The Kier molecular flexibility index (Phi) is 60.8. The molecule has 0 aliphatic heterocycles. The molecule has 0 N–H and O–H groups in total. The van der Waals surface area contributed by atoms with E-state index in [-0.39, 0.29) is 25.2 Å². The van der Waals surface area contributed by atoms with Crippen molar-refractivity contribution in [2.24, 2.45) is 0 Å². The molecule has 0 radical (unpaired) electrons. The van der Waals surface area contributed by atoms with Crippen molar-refractivity contribution in [3.8, 4) is 0 Å². The van der Waals surface area contributed by atoms with Crippen LogP contribution in [-0.4, -0.2) is 37.9 Å². The van der Waals surface area contributed by atoms with E-state index in [1.807, 2.05) is 0 Å². The smallest absolute Gasteiger partial charge is 0.306 e. The summed E-state index contributed by atoms with van der Waals surface area (Å²) in [5.74, 6) is -0.392. The third-order valence-corrected chi connectivity index (χ3v) is 14.0. The quantitative estimate of drug-likeness (QED) is 0.0345. The molecule has 1 unspecified atom stereocenters. The van der Waals surface area contributed by atoms with Gasteiger partial charge in [-0.15, -0.1) is 0 Å². The van der Waals surface area contributed by atoms with Gasteiger partial charge in [0.15, 0.2) is 6.10 Å². The summed E-state index contributed by atoms with van der Waals surface area (Å²) in [6.45, 7) is 7.74. The predicted molar refractivity (Wildman–Crippen MR) is 316 cm³/mol. The topological polar surface area (TPSA) is 61.8 Å². The van der Waals surface area contributed by atoms with Crippen LogP contribution in [0.15, 0.2) is 60.8 Å². The first-order valence-electron chi connectivity index (χ1n) is 31.8. The SMILES string of the molecule is CC/C=C\C/C=C\C/C=C\CCCCCCCCCC(=O)OC(COCCCCCCCCCCCC/C=C\C/C=C\CCCCC)COC(=O)CCCCCCCCCCCCCCCCCCCCC. The number of hydrogen-bond donors (Lipinski definition) is 0. The molecule has 1 atom stereocenters. The largest absolute Gasteiger partial charge is 0.462 e. The first-order valence-corrected chi connectivity index (χ1v) is 31.8. The highest BCUT2D eigenvalue weighted by Crippen LogP contribution is 2.17. The Labute approximate surface area is 449 Å². The van der Waals surface area contributed by atoms with Gasteiger partial charge < -0.3 is 14.2 Å². The van der Waals surface area contributed by atoms with Crippen molar-refractivity contribution in [1.82, 2.24) is 0 Å². The molecule has 0 saturated carbocycles. The molecule has 0 aromatic rings. The Morgan fingerprint density at radius 2 is 0.625 bits per heavy atom. The molecule has 0 aliphatic rings. The van der Waals surface area contributed by atoms with Crippen molar-refractivity contribution >= 4 is 11.9 Å². The first-order chi connectivity index (χ1) is 35.6. The number of unbranched alkanes of at least 4 members (excludes halogenated alkanes) is 38. The number of allylic oxidation sites excluding steroid dienone is 10. The molecule has 5 nitrogen and oxygen atoms in total. The minimum Gasteiger partial charge on any atom is -0.462 e. The van der Waals surface area contributed by atoms with Gasteiger partial charge in [0, 0.05) is 19.4 Å². The van der Waals surface area contributed by atoms with Gasteiger partial charge in [-0.05, 0) is 83.5 Å². The van der Waals surface area contributed by atoms with E-state index in [9.17, 15) is 9.59 Å². The maximum Gasteiger partial charge on any atom is 0.306 e. The molecule has 0 spiro atoms. The monoisotopic (exact) mass is 1010 g/mol. The maximum atomic E-state index is 12.9. The number of ether oxygens (including phenoxy) is 3. The molecular weight excluding hydrogens is 885 g/mol. The average Bonchev–Trinajstić information content (AvgIpc) is 3.38. The van der Waals surface area contributed by atoms with Crippen molar-refractivity contribution in [3.05, 3.63) is 60.8 Å². The fourth-order valence-electron chi connectivity index (χ4n) is 9.32. The highest BCUT2D eigenvalue weighted by atomic mass is 16.6. The highest BCUT2D eigenvalue weighted by molar-refractivity contribution is 5.70. The molecule has 0 fully saturated rings. The number of hydrogen-bond acceptors (Lipinski definition) is 5. The van der Waals surface area contributed by atoms with Gasteiger partial charge in [-0.1, -0.05) is 293 Å².